The lowest BCUT2D eigenvalue weighted by Crippen LogP contribution is -1.78. The van der Waals surface area contributed by atoms with E-state index < -0.39 is 0 Å². The van der Waals surface area contributed by atoms with E-state index in [2.05, 4.69) is 0 Å². The Kier molecular flexibility index (Phi) is 4.87. The number of allylic oxidation sites excluding steroid dienone is 2. The summed E-state index contributed by atoms with van der Waals surface area (Å²) in [5, 5.41) is 0. The third kappa shape index (κ3) is 2.89. The van der Waals surface area contributed by atoms with Crippen LogP contribution in [0.3, 0.4) is 0 Å². The van der Waals surface area contributed by atoms with E-state index in [0.29, 0.717) is 12.1 Å². The molecule has 0 aliphatic rings. The van der Waals surface area contributed by atoms with Gasteiger partial charge in [0.15, 0.2) is 0 Å². The first-order valence-electron chi connectivity index (χ1n) is 3.23. The number of hydrogen-bond donors (Lipinski definition) is 0. The number of hydrogen-bond acceptors (Lipinski definition) is 1. The first-order chi connectivity index (χ1) is 4.26. The molecule has 2 heteroatoms. The molecule has 54 valence electrons. The number of halogens is 1. The molecule has 0 aromatic rings. The summed E-state index contributed by atoms with van der Waals surface area (Å²) in [6.07, 6.45) is 1.78. The molecule has 0 aromatic carbocycles. The molecule has 0 rings (SSSR count). The van der Waals surface area contributed by atoms with Gasteiger partial charge in [0.25, 0.3) is 0 Å². The number of rotatable bonds is 3. The fraction of sp³-hybridized carbons (Fsp3) is 0.714. The summed E-state index contributed by atoms with van der Waals surface area (Å²) in [6, 6.07) is 0. The van der Waals surface area contributed by atoms with Gasteiger partial charge in [-0.15, -0.1) is 0 Å². The van der Waals surface area contributed by atoms with E-state index in [-0.39, 0.29) is 0 Å². The Bertz CT molecular complexity index is 101. The lowest BCUT2D eigenvalue weighted by molar-refractivity contribution is 0.930. The van der Waals surface area contributed by atoms with Crippen molar-refractivity contribution >= 4 is 12.1 Å². The molecule has 0 N–H and O–H groups in total. The van der Waals surface area contributed by atoms with E-state index in [9.17, 15) is 3.89 Å². The van der Waals surface area contributed by atoms with Gasteiger partial charge < -0.3 is 0 Å². The van der Waals surface area contributed by atoms with Crippen molar-refractivity contribution in [1.29, 1.82) is 0 Å². The van der Waals surface area contributed by atoms with Crippen molar-refractivity contribution in [2.24, 2.45) is 0 Å². The monoisotopic (exact) mass is 148 g/mol. The van der Waals surface area contributed by atoms with Gasteiger partial charge in [0.05, 0.1) is 12.1 Å². The summed E-state index contributed by atoms with van der Waals surface area (Å²) in [4.78, 5) is 0.887. The summed E-state index contributed by atoms with van der Waals surface area (Å²) in [5.41, 5.74) is 1.17. The molecule has 0 aliphatic carbocycles. The van der Waals surface area contributed by atoms with Crippen molar-refractivity contribution in [2.75, 3.05) is 0 Å². The van der Waals surface area contributed by atoms with Gasteiger partial charge in [0.1, 0.15) is 0 Å². The minimum atomic E-state index is 0.382. The molecule has 0 saturated carbocycles. The van der Waals surface area contributed by atoms with Crippen molar-refractivity contribution in [3.63, 3.8) is 0 Å². The van der Waals surface area contributed by atoms with E-state index in [1.54, 1.807) is 0 Å². The molecule has 0 spiro atoms. The molecule has 0 atom stereocenters. The summed E-state index contributed by atoms with van der Waals surface area (Å²) >= 11 is 0.382. The van der Waals surface area contributed by atoms with E-state index in [1.807, 2.05) is 20.8 Å². The molecule has 0 unspecified atom stereocenters. The quantitative estimate of drug-likeness (QED) is 0.588. The Morgan fingerprint density at radius 2 is 1.89 bits per heavy atom. The Labute approximate surface area is 60.8 Å². The smallest absolute Gasteiger partial charge is 0.0766 e. The highest BCUT2D eigenvalue weighted by atomic mass is 32.2. The predicted molar refractivity (Wildman–Crippen MR) is 42.0 cm³/mol. The highest BCUT2D eigenvalue weighted by molar-refractivity contribution is 7.98. The molecule has 0 bridgehead atoms. The van der Waals surface area contributed by atoms with Crippen molar-refractivity contribution in [3.8, 4) is 0 Å². The molecule has 0 aromatic heterocycles. The van der Waals surface area contributed by atoms with E-state index in [1.165, 1.54) is 5.57 Å². The van der Waals surface area contributed by atoms with Gasteiger partial charge in [-0.1, -0.05) is 19.4 Å². The van der Waals surface area contributed by atoms with Gasteiger partial charge >= 0.3 is 0 Å². The van der Waals surface area contributed by atoms with Gasteiger partial charge in [-0.05, 0) is 19.8 Å². The Morgan fingerprint density at radius 3 is 2.00 bits per heavy atom. The zero-order valence-corrected chi connectivity index (χ0v) is 7.02. The maximum atomic E-state index is 12.0. The molecule has 0 amide bonds. The molecule has 0 radical (unpaired) electrons. The minimum Gasteiger partial charge on any atom is -0.160 e. The molecule has 0 fully saturated rings. The second-order valence-corrected chi connectivity index (χ2v) is 2.63. The summed E-state index contributed by atoms with van der Waals surface area (Å²) in [5.74, 6) is 0. The van der Waals surface area contributed by atoms with Crippen LogP contribution < -0.4 is 0 Å². The zero-order valence-electron chi connectivity index (χ0n) is 6.20. The topological polar surface area (TPSA) is 0 Å². The standard InChI is InChI=1S/C7H13FS/c1-4-6(3)7(5-2)9-8/h4-5H2,1-3H3/b7-6-. The van der Waals surface area contributed by atoms with Gasteiger partial charge in [0.2, 0.25) is 0 Å². The normalized spacial score (nSPS) is 13.3. The molecule has 0 aliphatic heterocycles. The van der Waals surface area contributed by atoms with E-state index in [4.69, 9.17) is 0 Å². The van der Waals surface area contributed by atoms with Crippen LogP contribution in [0.4, 0.5) is 3.89 Å². The van der Waals surface area contributed by atoms with Crippen LogP contribution in [0.5, 0.6) is 0 Å². The Morgan fingerprint density at radius 1 is 1.33 bits per heavy atom. The zero-order chi connectivity index (χ0) is 7.28. The maximum absolute atomic E-state index is 12.0. The molecular formula is C7H13FS. The van der Waals surface area contributed by atoms with E-state index >= 15 is 0 Å². The van der Waals surface area contributed by atoms with Crippen molar-refractivity contribution < 1.29 is 3.89 Å². The SMILES string of the molecule is CC/C(C)=C(/CC)SF. The van der Waals surface area contributed by atoms with Crippen LogP contribution in [0.1, 0.15) is 33.6 Å². The molecule has 0 saturated heterocycles. The van der Waals surface area contributed by atoms with Crippen molar-refractivity contribution in [2.45, 2.75) is 33.6 Å². The maximum Gasteiger partial charge on any atom is 0.0766 e. The highest BCUT2D eigenvalue weighted by Crippen LogP contribution is 2.24. The average molecular weight is 148 g/mol. The van der Waals surface area contributed by atoms with Gasteiger partial charge in [-0.3, -0.25) is 0 Å². The fourth-order valence-corrected chi connectivity index (χ4v) is 1.00. The molecule has 9 heavy (non-hydrogen) atoms. The molecular weight excluding hydrogens is 135 g/mol. The van der Waals surface area contributed by atoms with Crippen LogP contribution in [0.25, 0.3) is 0 Å². The third-order valence-corrected chi connectivity index (χ3v) is 2.24. The summed E-state index contributed by atoms with van der Waals surface area (Å²) in [7, 11) is 0. The van der Waals surface area contributed by atoms with Crippen LogP contribution in [-0.2, 0) is 0 Å². The Balaban J connectivity index is 4.01. The van der Waals surface area contributed by atoms with Crippen LogP contribution >= 0.6 is 12.1 Å². The van der Waals surface area contributed by atoms with Gasteiger partial charge in [-0.25, -0.2) is 0 Å². The average Bonchev–Trinajstić information content (AvgIpc) is 1.90. The first kappa shape index (κ1) is 9.02. The predicted octanol–water partition coefficient (Wildman–Crippen LogP) is 3.70. The third-order valence-electron chi connectivity index (χ3n) is 1.42. The van der Waals surface area contributed by atoms with Crippen LogP contribution in [0.2, 0.25) is 0 Å². The van der Waals surface area contributed by atoms with Gasteiger partial charge in [0, 0.05) is 4.91 Å². The lowest BCUT2D eigenvalue weighted by Gasteiger charge is -2.00. The lowest BCUT2D eigenvalue weighted by atomic mass is 10.2. The van der Waals surface area contributed by atoms with Crippen LogP contribution in [-0.4, -0.2) is 0 Å². The summed E-state index contributed by atoms with van der Waals surface area (Å²) in [6.45, 7) is 5.99. The highest BCUT2D eigenvalue weighted by Gasteiger charge is 1.97. The molecule has 0 heterocycles. The minimum absolute atomic E-state index is 0.382. The van der Waals surface area contributed by atoms with Gasteiger partial charge in [-0.2, -0.15) is 3.89 Å². The second kappa shape index (κ2) is 4.86. The Hall–Kier alpha value is 0.0200. The first-order valence-corrected chi connectivity index (χ1v) is 3.95. The van der Waals surface area contributed by atoms with Crippen LogP contribution in [0.15, 0.2) is 10.5 Å². The largest absolute Gasteiger partial charge is 0.160 e. The van der Waals surface area contributed by atoms with Crippen LogP contribution in [0, 0.1) is 0 Å². The fourth-order valence-electron chi connectivity index (χ4n) is 0.619. The second-order valence-electron chi connectivity index (χ2n) is 1.99. The van der Waals surface area contributed by atoms with Crippen molar-refractivity contribution in [3.05, 3.63) is 10.5 Å². The summed E-state index contributed by atoms with van der Waals surface area (Å²) < 4.78 is 12.0. The van der Waals surface area contributed by atoms with Crippen molar-refractivity contribution in [1.82, 2.24) is 0 Å². The molecule has 0 nitrogen and oxygen atoms in total. The van der Waals surface area contributed by atoms with E-state index in [0.717, 1.165) is 17.7 Å².